The Labute approximate surface area is 143 Å². The first-order valence-electron chi connectivity index (χ1n) is 6.84. The van der Waals surface area contributed by atoms with Crippen LogP contribution in [0.5, 0.6) is 0 Å². The van der Waals surface area contributed by atoms with Crippen molar-refractivity contribution < 1.29 is 18.3 Å². The second kappa shape index (κ2) is 10.3. The highest BCUT2D eigenvalue weighted by molar-refractivity contribution is 7.99. The number of amides is 1. The van der Waals surface area contributed by atoms with Crippen LogP contribution >= 0.6 is 24.0 Å². The van der Waals surface area contributed by atoms with Crippen molar-refractivity contribution in [3.05, 3.63) is 29.8 Å². The molecule has 9 heteroatoms. The fourth-order valence-electron chi connectivity index (χ4n) is 1.57. The predicted molar refractivity (Wildman–Crippen MR) is 90.0 cm³/mol. The lowest BCUT2D eigenvalue weighted by Gasteiger charge is -2.16. The quantitative estimate of drug-likeness (QED) is 0.391. The van der Waals surface area contributed by atoms with Crippen LogP contribution in [0.3, 0.4) is 0 Å². The van der Waals surface area contributed by atoms with Crippen LogP contribution in [0.1, 0.15) is 13.3 Å². The van der Waals surface area contributed by atoms with E-state index in [1.807, 2.05) is 6.92 Å². The number of methoxy groups -OCH3 is 1. The van der Waals surface area contributed by atoms with Crippen molar-refractivity contribution >= 4 is 35.0 Å². The number of hydrogen-bond acceptors (Lipinski definition) is 4. The van der Waals surface area contributed by atoms with E-state index in [0.717, 1.165) is 12.1 Å². The van der Waals surface area contributed by atoms with Gasteiger partial charge in [-0.1, -0.05) is 0 Å². The molecule has 1 aromatic carbocycles. The van der Waals surface area contributed by atoms with Gasteiger partial charge in [-0.3, -0.25) is 15.6 Å². The fourth-order valence-corrected chi connectivity index (χ4v) is 2.70. The van der Waals surface area contributed by atoms with Crippen LogP contribution < -0.4 is 16.2 Å². The Morgan fingerprint density at radius 1 is 1.35 bits per heavy atom. The highest BCUT2D eigenvalue weighted by Gasteiger charge is 2.07. The first kappa shape index (κ1) is 19.6. The van der Waals surface area contributed by atoms with E-state index >= 15 is 0 Å². The van der Waals surface area contributed by atoms with Crippen LogP contribution in [0.25, 0.3) is 0 Å². The van der Waals surface area contributed by atoms with Gasteiger partial charge in [0.2, 0.25) is 5.91 Å². The Morgan fingerprint density at radius 3 is 2.74 bits per heavy atom. The molecule has 0 saturated heterocycles. The summed E-state index contributed by atoms with van der Waals surface area (Å²) in [4.78, 5) is 12.2. The molecule has 0 aliphatic carbocycles. The molecule has 23 heavy (non-hydrogen) atoms. The van der Waals surface area contributed by atoms with Gasteiger partial charge >= 0.3 is 0 Å². The minimum Gasteiger partial charge on any atom is -0.383 e. The van der Waals surface area contributed by atoms with E-state index in [4.69, 9.17) is 17.0 Å². The Bertz CT molecular complexity index is 547. The van der Waals surface area contributed by atoms with Crippen LogP contribution in [0.15, 0.2) is 23.1 Å². The van der Waals surface area contributed by atoms with E-state index in [-0.39, 0.29) is 23.5 Å². The molecule has 1 rings (SSSR count). The lowest BCUT2D eigenvalue weighted by Crippen LogP contribution is -2.50. The summed E-state index contributed by atoms with van der Waals surface area (Å²) in [5, 5.41) is 3.22. The molecule has 0 spiro atoms. The van der Waals surface area contributed by atoms with Gasteiger partial charge in [-0.2, -0.15) is 0 Å². The number of rotatable bonds is 7. The lowest BCUT2D eigenvalue weighted by atomic mass is 10.3. The SMILES string of the molecule is COC[C@H](C)NC(=S)NNC(=O)CCSc1ccc(F)c(F)c1. The summed E-state index contributed by atoms with van der Waals surface area (Å²) < 4.78 is 30.8. The molecule has 3 N–H and O–H groups in total. The third-order valence-corrected chi connectivity index (χ3v) is 3.81. The average molecular weight is 363 g/mol. The lowest BCUT2D eigenvalue weighted by molar-refractivity contribution is -0.121. The van der Waals surface area contributed by atoms with Crippen molar-refractivity contribution in [2.45, 2.75) is 24.3 Å². The van der Waals surface area contributed by atoms with Gasteiger partial charge in [0.25, 0.3) is 0 Å². The molecular formula is C14H19F2N3O2S2. The number of nitrogens with one attached hydrogen (secondary N) is 3. The number of ether oxygens (including phenoxy) is 1. The zero-order valence-corrected chi connectivity index (χ0v) is 14.5. The number of carbonyl (C=O) groups is 1. The third-order valence-electron chi connectivity index (χ3n) is 2.60. The van der Waals surface area contributed by atoms with Gasteiger partial charge in [0, 0.05) is 30.2 Å². The highest BCUT2D eigenvalue weighted by atomic mass is 32.2. The van der Waals surface area contributed by atoms with Crippen LogP contribution in [0.4, 0.5) is 8.78 Å². The molecule has 0 saturated carbocycles. The van der Waals surface area contributed by atoms with Crippen molar-refractivity contribution in [2.75, 3.05) is 19.5 Å². The molecule has 1 aromatic rings. The number of carbonyl (C=O) groups excluding carboxylic acids is 1. The number of benzene rings is 1. The van der Waals surface area contributed by atoms with Gasteiger partial charge < -0.3 is 10.1 Å². The first-order chi connectivity index (χ1) is 10.9. The maximum absolute atomic E-state index is 13.0. The van der Waals surface area contributed by atoms with Crippen LogP contribution in [-0.4, -0.2) is 36.5 Å². The molecule has 1 amide bonds. The second-order valence-corrected chi connectivity index (χ2v) is 6.25. The largest absolute Gasteiger partial charge is 0.383 e. The first-order valence-corrected chi connectivity index (χ1v) is 8.24. The maximum Gasteiger partial charge on any atom is 0.239 e. The molecule has 0 aliphatic rings. The number of thioether (sulfide) groups is 1. The van der Waals surface area contributed by atoms with Gasteiger partial charge in [-0.15, -0.1) is 11.8 Å². The van der Waals surface area contributed by atoms with Gasteiger partial charge in [-0.25, -0.2) is 8.78 Å². The minimum absolute atomic E-state index is 0.0147. The molecule has 0 radical (unpaired) electrons. The van der Waals surface area contributed by atoms with Crippen molar-refractivity contribution in [2.24, 2.45) is 0 Å². The van der Waals surface area contributed by atoms with E-state index in [1.165, 1.54) is 17.8 Å². The summed E-state index contributed by atoms with van der Waals surface area (Å²) in [5.41, 5.74) is 5.04. The zero-order chi connectivity index (χ0) is 17.2. The summed E-state index contributed by atoms with van der Waals surface area (Å²) in [6.07, 6.45) is 0.201. The number of thiocarbonyl (C=S) groups is 1. The molecule has 5 nitrogen and oxygen atoms in total. The van der Waals surface area contributed by atoms with Crippen molar-refractivity contribution in [1.29, 1.82) is 0 Å². The van der Waals surface area contributed by atoms with Crippen molar-refractivity contribution in [3.8, 4) is 0 Å². The summed E-state index contributed by atoms with van der Waals surface area (Å²) in [6, 6.07) is 3.65. The Balaban J connectivity index is 2.21. The normalized spacial score (nSPS) is 11.7. The molecule has 0 aliphatic heterocycles. The maximum atomic E-state index is 13.0. The van der Waals surface area contributed by atoms with Crippen LogP contribution in [0, 0.1) is 11.6 Å². The zero-order valence-electron chi connectivity index (χ0n) is 12.8. The Hall–Kier alpha value is -1.45. The van der Waals surface area contributed by atoms with Crippen LogP contribution in [0.2, 0.25) is 0 Å². The van der Waals surface area contributed by atoms with E-state index in [2.05, 4.69) is 16.2 Å². The van der Waals surface area contributed by atoms with E-state index < -0.39 is 11.6 Å². The van der Waals surface area contributed by atoms with E-state index in [9.17, 15) is 13.6 Å². The summed E-state index contributed by atoms with van der Waals surface area (Å²) in [5.74, 6) is -1.62. The Kier molecular flexibility index (Phi) is 8.82. The predicted octanol–water partition coefficient (Wildman–Crippen LogP) is 1.98. The molecular weight excluding hydrogens is 344 g/mol. The minimum atomic E-state index is -0.900. The smallest absolute Gasteiger partial charge is 0.239 e. The van der Waals surface area contributed by atoms with Crippen LogP contribution in [-0.2, 0) is 9.53 Å². The fraction of sp³-hybridized carbons (Fsp3) is 0.429. The van der Waals surface area contributed by atoms with E-state index in [1.54, 1.807) is 7.11 Å². The standard InChI is InChI=1S/C14H19F2N3O2S2/c1-9(8-21-2)17-14(22)19-18-13(20)5-6-23-10-3-4-11(15)12(16)7-10/h3-4,7,9H,5-6,8H2,1-2H3,(H,18,20)(H2,17,19,22)/t9-/m0/s1. The van der Waals surface area contributed by atoms with Gasteiger partial charge in [0.15, 0.2) is 16.7 Å². The summed E-state index contributed by atoms with van der Waals surface area (Å²) in [6.45, 7) is 2.37. The number of halogens is 2. The molecule has 0 unspecified atom stereocenters. The molecule has 0 aromatic heterocycles. The summed E-state index contributed by atoms with van der Waals surface area (Å²) in [7, 11) is 1.58. The van der Waals surface area contributed by atoms with Gasteiger partial charge in [-0.05, 0) is 37.3 Å². The monoisotopic (exact) mass is 363 g/mol. The Morgan fingerprint density at radius 2 is 2.09 bits per heavy atom. The molecule has 0 bridgehead atoms. The number of hydrazine groups is 1. The number of hydrogen-bond donors (Lipinski definition) is 3. The van der Waals surface area contributed by atoms with Gasteiger partial charge in [0.05, 0.1) is 6.61 Å². The highest BCUT2D eigenvalue weighted by Crippen LogP contribution is 2.20. The van der Waals surface area contributed by atoms with Crippen molar-refractivity contribution in [1.82, 2.24) is 16.2 Å². The molecule has 0 fully saturated rings. The molecule has 0 heterocycles. The van der Waals surface area contributed by atoms with Crippen molar-refractivity contribution in [3.63, 3.8) is 0 Å². The average Bonchev–Trinajstić information content (AvgIpc) is 2.49. The summed E-state index contributed by atoms with van der Waals surface area (Å²) >= 11 is 6.27. The topological polar surface area (TPSA) is 62.4 Å². The molecule has 1 atom stereocenters. The molecule has 128 valence electrons. The van der Waals surface area contributed by atoms with E-state index in [0.29, 0.717) is 17.3 Å². The van der Waals surface area contributed by atoms with Gasteiger partial charge in [0.1, 0.15) is 0 Å². The second-order valence-electron chi connectivity index (χ2n) is 4.68. The third kappa shape index (κ3) is 8.10.